The van der Waals surface area contributed by atoms with E-state index in [1.165, 1.54) is 12.1 Å². The van der Waals surface area contributed by atoms with E-state index in [0.717, 1.165) is 31.7 Å². The van der Waals surface area contributed by atoms with Crippen molar-refractivity contribution >= 4 is 54.2 Å². The number of benzene rings is 3. The van der Waals surface area contributed by atoms with E-state index in [1.807, 2.05) is 61.8 Å². The first-order valence-corrected chi connectivity index (χ1v) is 12.9. The number of rotatable bonds is 3. The Morgan fingerprint density at radius 1 is 1.03 bits per heavy atom. The molecule has 0 aliphatic carbocycles. The van der Waals surface area contributed by atoms with E-state index in [0.29, 0.717) is 11.1 Å². The molecule has 5 rings (SSSR count). The van der Waals surface area contributed by atoms with Crippen molar-refractivity contribution in [2.75, 3.05) is 0 Å². The molecular weight excluding hydrogens is 478 g/mol. The van der Waals surface area contributed by atoms with Crippen LogP contribution in [0.15, 0.2) is 90.0 Å². The molecule has 6 nitrogen and oxygen atoms in total. The molecule has 0 aliphatic rings. The number of nitriles is 1. The monoisotopic (exact) mass is 499 g/mol. The fourth-order valence-corrected chi connectivity index (χ4v) is 5.27. The van der Waals surface area contributed by atoms with Crippen molar-refractivity contribution in [1.29, 1.82) is 5.26 Å². The normalized spacial score (nSPS) is 11.7. The maximum absolute atomic E-state index is 10.5. The molecule has 0 bridgehead atoms. The highest BCUT2D eigenvalue weighted by Gasteiger charge is 2.12. The van der Waals surface area contributed by atoms with Gasteiger partial charge in [-0.25, -0.2) is 18.0 Å². The topological polar surface area (TPSA) is 97.8 Å². The summed E-state index contributed by atoms with van der Waals surface area (Å²) in [5, 5.41) is 11.5. The molecule has 0 aliphatic heterocycles. The van der Waals surface area contributed by atoms with Crippen LogP contribution < -0.4 is 4.57 Å². The van der Waals surface area contributed by atoms with Gasteiger partial charge in [0.2, 0.25) is 5.52 Å². The lowest BCUT2D eigenvalue weighted by molar-refractivity contribution is -0.644. The number of aromatic nitrogens is 2. The predicted molar refractivity (Wildman–Crippen MR) is 137 cm³/mol. The Hall–Kier alpha value is -3.90. The van der Waals surface area contributed by atoms with E-state index >= 15 is 0 Å². The van der Waals surface area contributed by atoms with Crippen LogP contribution in [0.2, 0.25) is 0 Å². The third-order valence-corrected chi connectivity index (χ3v) is 7.45. The van der Waals surface area contributed by atoms with Crippen molar-refractivity contribution in [3.8, 4) is 6.07 Å². The molecule has 0 fully saturated rings. The van der Waals surface area contributed by atoms with Gasteiger partial charge in [-0.05, 0) is 48.4 Å². The number of para-hydroxylation sites is 2. The molecule has 0 saturated carbocycles. The molecule has 174 valence electrons. The highest BCUT2D eigenvalue weighted by atomic mass is 32.2. The first-order chi connectivity index (χ1) is 16.8. The lowest BCUT2D eigenvalue weighted by Gasteiger charge is -2.08. The highest BCUT2D eigenvalue weighted by Crippen LogP contribution is 2.29. The zero-order valence-electron chi connectivity index (χ0n) is 19.0. The number of allylic oxidation sites excluding steroid dienone is 1. The Kier molecular flexibility index (Phi) is 7.03. The second-order valence-corrected chi connectivity index (χ2v) is 10.2. The molecule has 8 heteroatoms. The van der Waals surface area contributed by atoms with Gasteiger partial charge in [0.1, 0.15) is 28.2 Å². The number of hydrogen-bond acceptors (Lipinski definition) is 6. The van der Waals surface area contributed by atoms with Crippen molar-refractivity contribution in [2.45, 2.75) is 11.8 Å². The number of nitrogens with zero attached hydrogens (tertiary/aromatic N) is 3. The summed E-state index contributed by atoms with van der Waals surface area (Å²) in [6, 6.07) is 26.6. The Balaban J connectivity index is 0.000000221. The van der Waals surface area contributed by atoms with E-state index < -0.39 is 10.1 Å². The maximum atomic E-state index is 10.5. The SMILES string of the molecule is C[n+]1ccc(C=C(C#N)c2nc3ccccc3s2)c2ccccc21.Cc1ccccc1S(=O)(=O)[O-]. The van der Waals surface area contributed by atoms with Crippen molar-refractivity contribution in [3.05, 3.63) is 101 Å². The smallest absolute Gasteiger partial charge is 0.212 e. The van der Waals surface area contributed by atoms with Gasteiger partial charge in [0.05, 0.1) is 26.1 Å². The van der Waals surface area contributed by atoms with Crippen LogP contribution in [0.4, 0.5) is 0 Å². The Labute approximate surface area is 207 Å². The standard InChI is InChI=1S/C20H14N3S.C7H8O3S/c1-23-11-10-14(16-6-2-4-8-18(16)23)12-15(13-21)20-22-17-7-3-5-9-19(17)24-20;1-6-4-2-3-5-7(6)11(8,9)10/h2-12H,1H3;2-5H,1H3,(H,8,9,10)/q+1;/p-1. The quantitative estimate of drug-likeness (QED) is 0.192. The summed E-state index contributed by atoms with van der Waals surface area (Å²) in [6.07, 6.45) is 3.95. The van der Waals surface area contributed by atoms with Gasteiger partial charge in [0.15, 0.2) is 6.20 Å². The summed E-state index contributed by atoms with van der Waals surface area (Å²) in [5.41, 5.74) is 4.17. The molecule has 3 aromatic carbocycles. The molecule has 2 aromatic heterocycles. The van der Waals surface area contributed by atoms with Crippen LogP contribution in [-0.2, 0) is 17.2 Å². The van der Waals surface area contributed by atoms with Crippen LogP contribution in [0.5, 0.6) is 0 Å². The second kappa shape index (κ2) is 10.2. The first kappa shape index (κ1) is 24.2. The average molecular weight is 500 g/mol. The van der Waals surface area contributed by atoms with E-state index in [9.17, 15) is 18.2 Å². The van der Waals surface area contributed by atoms with Crippen LogP contribution >= 0.6 is 11.3 Å². The number of fused-ring (bicyclic) bond motifs is 2. The number of aryl methyl sites for hydroxylation is 2. The number of pyridine rings is 1. The molecule has 0 unspecified atom stereocenters. The number of thiazole rings is 1. The fourth-order valence-electron chi connectivity index (χ4n) is 3.64. The van der Waals surface area contributed by atoms with Crippen LogP contribution in [-0.4, -0.2) is 18.0 Å². The van der Waals surface area contributed by atoms with Crippen LogP contribution in [0.3, 0.4) is 0 Å². The minimum Gasteiger partial charge on any atom is -0.744 e. The largest absolute Gasteiger partial charge is 0.744 e. The van der Waals surface area contributed by atoms with Crippen molar-refractivity contribution in [3.63, 3.8) is 0 Å². The van der Waals surface area contributed by atoms with Crippen LogP contribution in [0, 0.1) is 18.3 Å². The molecule has 0 N–H and O–H groups in total. The third-order valence-electron chi connectivity index (χ3n) is 5.38. The van der Waals surface area contributed by atoms with Gasteiger partial charge in [-0.1, -0.05) is 42.5 Å². The molecule has 5 aromatic rings. The van der Waals surface area contributed by atoms with Gasteiger partial charge >= 0.3 is 0 Å². The maximum Gasteiger partial charge on any atom is 0.212 e. The number of hydrogen-bond donors (Lipinski definition) is 0. The molecule has 2 heterocycles. The second-order valence-electron chi connectivity index (χ2n) is 7.78. The minimum absolute atomic E-state index is 0.139. The molecule has 0 radical (unpaired) electrons. The third kappa shape index (κ3) is 5.44. The predicted octanol–water partition coefficient (Wildman–Crippen LogP) is 5.24. The minimum atomic E-state index is -4.28. The van der Waals surface area contributed by atoms with Crippen molar-refractivity contribution in [2.24, 2.45) is 7.05 Å². The molecule has 35 heavy (non-hydrogen) atoms. The van der Waals surface area contributed by atoms with Crippen LogP contribution in [0.25, 0.3) is 32.8 Å². The lowest BCUT2D eigenvalue weighted by atomic mass is 10.1. The van der Waals surface area contributed by atoms with E-state index in [2.05, 4.69) is 27.8 Å². The molecular formula is C27H21N3O3S2. The van der Waals surface area contributed by atoms with Crippen molar-refractivity contribution in [1.82, 2.24) is 4.98 Å². The van der Waals surface area contributed by atoms with E-state index in [4.69, 9.17) is 0 Å². The van der Waals surface area contributed by atoms with Crippen LogP contribution in [0.1, 0.15) is 16.1 Å². The first-order valence-electron chi connectivity index (χ1n) is 10.6. The van der Waals surface area contributed by atoms with E-state index in [1.54, 1.807) is 30.4 Å². The zero-order valence-corrected chi connectivity index (χ0v) is 20.7. The van der Waals surface area contributed by atoms with E-state index in [-0.39, 0.29) is 4.90 Å². The van der Waals surface area contributed by atoms with Gasteiger partial charge in [0.25, 0.3) is 0 Å². The highest BCUT2D eigenvalue weighted by molar-refractivity contribution is 7.85. The molecule has 0 saturated heterocycles. The van der Waals surface area contributed by atoms with Gasteiger partial charge in [-0.2, -0.15) is 5.26 Å². The van der Waals surface area contributed by atoms with Gasteiger partial charge in [0, 0.05) is 12.1 Å². The average Bonchev–Trinajstić information content (AvgIpc) is 3.28. The Morgan fingerprint density at radius 3 is 2.40 bits per heavy atom. The fraction of sp³-hybridized carbons (Fsp3) is 0.0741. The molecule has 0 spiro atoms. The summed E-state index contributed by atoms with van der Waals surface area (Å²) >= 11 is 1.55. The summed E-state index contributed by atoms with van der Waals surface area (Å²) in [5.74, 6) is 0. The molecule has 0 amide bonds. The zero-order chi connectivity index (χ0) is 25.0. The Morgan fingerprint density at radius 2 is 1.71 bits per heavy atom. The molecule has 0 atom stereocenters. The summed E-state index contributed by atoms with van der Waals surface area (Å²) in [4.78, 5) is 4.46. The van der Waals surface area contributed by atoms with Gasteiger partial charge in [-0.15, -0.1) is 11.3 Å². The van der Waals surface area contributed by atoms with Gasteiger partial charge in [-0.3, -0.25) is 0 Å². The summed E-state index contributed by atoms with van der Waals surface area (Å²) in [7, 11) is -2.26. The summed E-state index contributed by atoms with van der Waals surface area (Å²) in [6.45, 7) is 1.59. The van der Waals surface area contributed by atoms with Gasteiger partial charge < -0.3 is 4.55 Å². The van der Waals surface area contributed by atoms with Crippen molar-refractivity contribution < 1.29 is 17.5 Å². The summed E-state index contributed by atoms with van der Waals surface area (Å²) < 4.78 is 34.7. The lowest BCUT2D eigenvalue weighted by Crippen LogP contribution is -2.28. The Bertz CT molecular complexity index is 1680.